The minimum absolute atomic E-state index is 0.125. The van der Waals surface area contributed by atoms with E-state index >= 15 is 0 Å². The second kappa shape index (κ2) is 5.78. The molecule has 0 aromatic heterocycles. The van der Waals surface area contributed by atoms with E-state index in [1.165, 1.54) is 12.1 Å². The van der Waals surface area contributed by atoms with Gasteiger partial charge >= 0.3 is 0 Å². The van der Waals surface area contributed by atoms with E-state index in [-0.39, 0.29) is 15.6 Å². The molecule has 0 saturated heterocycles. The summed E-state index contributed by atoms with van der Waals surface area (Å²) in [6.07, 6.45) is 0. The standard InChI is InChI=1S/C13H7Cl3FNO/c14-7-4-5-8(10(17)6-7)13(19)18-11-3-1-2-9(15)12(11)16/h1-6H,(H,18,19). The van der Waals surface area contributed by atoms with Crippen LogP contribution in [0.1, 0.15) is 10.4 Å². The molecule has 2 nitrogen and oxygen atoms in total. The summed E-state index contributed by atoms with van der Waals surface area (Å²) < 4.78 is 13.6. The summed E-state index contributed by atoms with van der Waals surface area (Å²) in [6.45, 7) is 0. The van der Waals surface area contributed by atoms with Gasteiger partial charge in [0.15, 0.2) is 0 Å². The first-order valence-corrected chi connectivity index (χ1v) is 6.33. The third-order valence-corrected chi connectivity index (χ3v) is 3.43. The minimum Gasteiger partial charge on any atom is -0.320 e. The smallest absolute Gasteiger partial charge is 0.258 e. The summed E-state index contributed by atoms with van der Waals surface area (Å²) in [5.41, 5.74) is 0.189. The van der Waals surface area contributed by atoms with Gasteiger partial charge in [0, 0.05) is 5.02 Å². The van der Waals surface area contributed by atoms with Crippen LogP contribution in [0.25, 0.3) is 0 Å². The van der Waals surface area contributed by atoms with E-state index in [4.69, 9.17) is 34.8 Å². The molecule has 0 radical (unpaired) electrons. The average molecular weight is 319 g/mol. The van der Waals surface area contributed by atoms with E-state index in [9.17, 15) is 9.18 Å². The van der Waals surface area contributed by atoms with Crippen molar-refractivity contribution in [2.24, 2.45) is 0 Å². The molecule has 0 aliphatic carbocycles. The number of hydrogen-bond acceptors (Lipinski definition) is 1. The molecule has 0 atom stereocenters. The van der Waals surface area contributed by atoms with Crippen LogP contribution in [0.2, 0.25) is 15.1 Å². The largest absolute Gasteiger partial charge is 0.320 e. The quantitative estimate of drug-likeness (QED) is 0.826. The van der Waals surface area contributed by atoms with Gasteiger partial charge in [-0.25, -0.2) is 4.39 Å². The lowest BCUT2D eigenvalue weighted by Gasteiger charge is -2.08. The SMILES string of the molecule is O=C(Nc1cccc(Cl)c1Cl)c1ccc(Cl)cc1F. The van der Waals surface area contributed by atoms with Crippen LogP contribution in [0.4, 0.5) is 10.1 Å². The van der Waals surface area contributed by atoms with Crippen LogP contribution in [0.15, 0.2) is 36.4 Å². The van der Waals surface area contributed by atoms with Gasteiger partial charge in [-0.3, -0.25) is 4.79 Å². The van der Waals surface area contributed by atoms with Gasteiger partial charge in [-0.1, -0.05) is 40.9 Å². The Balaban J connectivity index is 2.28. The Labute approximate surface area is 124 Å². The van der Waals surface area contributed by atoms with E-state index in [1.54, 1.807) is 18.2 Å². The Kier molecular flexibility index (Phi) is 4.30. The number of nitrogens with one attached hydrogen (secondary N) is 1. The second-order valence-electron chi connectivity index (χ2n) is 3.68. The molecule has 0 aliphatic heterocycles. The molecule has 0 saturated carbocycles. The fourth-order valence-electron chi connectivity index (χ4n) is 1.46. The molecule has 0 fully saturated rings. The number of carbonyl (C=O) groups excluding carboxylic acids is 1. The Morgan fingerprint density at radius 1 is 1.11 bits per heavy atom. The van der Waals surface area contributed by atoms with Gasteiger partial charge in [0.25, 0.3) is 5.91 Å². The van der Waals surface area contributed by atoms with E-state index in [1.807, 2.05) is 0 Å². The van der Waals surface area contributed by atoms with Crippen molar-refractivity contribution in [3.05, 3.63) is 62.8 Å². The number of amides is 1. The summed E-state index contributed by atoms with van der Waals surface area (Å²) in [5, 5.41) is 3.21. The molecule has 0 spiro atoms. The van der Waals surface area contributed by atoms with Crippen LogP contribution >= 0.6 is 34.8 Å². The van der Waals surface area contributed by atoms with Gasteiger partial charge in [0.05, 0.1) is 21.3 Å². The number of carbonyl (C=O) groups is 1. The molecule has 0 aliphatic rings. The van der Waals surface area contributed by atoms with Crippen molar-refractivity contribution in [1.29, 1.82) is 0 Å². The monoisotopic (exact) mass is 317 g/mol. The van der Waals surface area contributed by atoms with Crippen LogP contribution in [-0.2, 0) is 0 Å². The summed E-state index contributed by atoms with van der Waals surface area (Å²) in [4.78, 5) is 11.9. The highest BCUT2D eigenvalue weighted by atomic mass is 35.5. The summed E-state index contributed by atoms with van der Waals surface area (Å²) >= 11 is 17.4. The summed E-state index contributed by atoms with van der Waals surface area (Å²) in [7, 11) is 0. The number of hydrogen-bond donors (Lipinski definition) is 1. The number of rotatable bonds is 2. The van der Waals surface area contributed by atoms with E-state index < -0.39 is 11.7 Å². The van der Waals surface area contributed by atoms with Crippen molar-refractivity contribution in [3.63, 3.8) is 0 Å². The van der Waals surface area contributed by atoms with Crippen molar-refractivity contribution in [2.75, 3.05) is 5.32 Å². The van der Waals surface area contributed by atoms with Gasteiger partial charge in [0.2, 0.25) is 0 Å². The molecule has 98 valence electrons. The number of benzene rings is 2. The zero-order chi connectivity index (χ0) is 14.0. The normalized spacial score (nSPS) is 10.3. The molecule has 0 heterocycles. The van der Waals surface area contributed by atoms with Gasteiger partial charge < -0.3 is 5.32 Å². The van der Waals surface area contributed by atoms with Crippen LogP contribution in [-0.4, -0.2) is 5.91 Å². The zero-order valence-corrected chi connectivity index (χ0v) is 11.7. The van der Waals surface area contributed by atoms with E-state index in [0.29, 0.717) is 10.7 Å². The Morgan fingerprint density at radius 3 is 2.53 bits per heavy atom. The predicted molar refractivity (Wildman–Crippen MR) is 75.8 cm³/mol. The minimum atomic E-state index is -0.705. The predicted octanol–water partition coefficient (Wildman–Crippen LogP) is 5.04. The fourth-order valence-corrected chi connectivity index (χ4v) is 1.97. The maximum Gasteiger partial charge on any atom is 0.258 e. The van der Waals surface area contributed by atoms with Gasteiger partial charge in [-0.2, -0.15) is 0 Å². The lowest BCUT2D eigenvalue weighted by molar-refractivity contribution is 0.102. The molecular formula is C13H7Cl3FNO. The molecule has 1 N–H and O–H groups in total. The molecule has 0 bridgehead atoms. The maximum atomic E-state index is 13.6. The maximum absolute atomic E-state index is 13.6. The number of anilines is 1. The van der Waals surface area contributed by atoms with Crippen LogP contribution < -0.4 is 5.32 Å². The molecule has 6 heteroatoms. The van der Waals surface area contributed by atoms with E-state index in [0.717, 1.165) is 6.07 Å². The number of halogens is 4. The van der Waals surface area contributed by atoms with Crippen molar-refractivity contribution in [3.8, 4) is 0 Å². The highest BCUT2D eigenvalue weighted by Gasteiger charge is 2.14. The molecule has 0 unspecified atom stereocenters. The highest BCUT2D eigenvalue weighted by Crippen LogP contribution is 2.30. The van der Waals surface area contributed by atoms with Crippen molar-refractivity contribution in [1.82, 2.24) is 0 Å². The summed E-state index contributed by atoms with van der Waals surface area (Å²) in [6, 6.07) is 8.57. The van der Waals surface area contributed by atoms with Crippen LogP contribution in [0.3, 0.4) is 0 Å². The zero-order valence-electron chi connectivity index (χ0n) is 9.38. The van der Waals surface area contributed by atoms with Crippen LogP contribution in [0.5, 0.6) is 0 Å². The first kappa shape index (κ1) is 14.1. The van der Waals surface area contributed by atoms with Gasteiger partial charge in [-0.15, -0.1) is 0 Å². The molecule has 2 rings (SSSR count). The Bertz CT molecular complexity index is 646. The molecule has 2 aromatic rings. The third kappa shape index (κ3) is 3.18. The van der Waals surface area contributed by atoms with Gasteiger partial charge in [0.1, 0.15) is 5.82 Å². The topological polar surface area (TPSA) is 29.1 Å². The fraction of sp³-hybridized carbons (Fsp3) is 0. The highest BCUT2D eigenvalue weighted by molar-refractivity contribution is 6.44. The molecule has 1 amide bonds. The van der Waals surface area contributed by atoms with Crippen molar-refractivity contribution in [2.45, 2.75) is 0 Å². The average Bonchev–Trinajstić information content (AvgIpc) is 2.34. The van der Waals surface area contributed by atoms with Crippen LogP contribution in [0, 0.1) is 5.82 Å². The van der Waals surface area contributed by atoms with E-state index in [2.05, 4.69) is 5.32 Å². The molecule has 2 aromatic carbocycles. The summed E-state index contributed by atoms with van der Waals surface area (Å²) in [5.74, 6) is -1.33. The Hall–Kier alpha value is -1.29. The third-order valence-electron chi connectivity index (χ3n) is 2.38. The molecule has 19 heavy (non-hydrogen) atoms. The van der Waals surface area contributed by atoms with Gasteiger partial charge in [-0.05, 0) is 30.3 Å². The first-order valence-electron chi connectivity index (χ1n) is 5.19. The first-order chi connectivity index (χ1) is 8.99. The lowest BCUT2D eigenvalue weighted by atomic mass is 10.2. The Morgan fingerprint density at radius 2 is 1.84 bits per heavy atom. The van der Waals surface area contributed by atoms with Crippen molar-refractivity contribution < 1.29 is 9.18 Å². The molecular weight excluding hydrogens is 312 g/mol. The van der Waals surface area contributed by atoms with Crippen molar-refractivity contribution >= 4 is 46.4 Å². The lowest BCUT2D eigenvalue weighted by Crippen LogP contribution is -2.14. The second-order valence-corrected chi connectivity index (χ2v) is 4.90.